The highest BCUT2D eigenvalue weighted by Crippen LogP contribution is 2.27. The third-order valence-corrected chi connectivity index (χ3v) is 4.41. The van der Waals surface area contributed by atoms with Crippen molar-refractivity contribution in [3.05, 3.63) is 66.1 Å². The fourth-order valence-electron chi connectivity index (χ4n) is 2.89. The van der Waals surface area contributed by atoms with Crippen molar-refractivity contribution >= 4 is 5.91 Å². The van der Waals surface area contributed by atoms with E-state index in [0.717, 1.165) is 11.1 Å². The van der Waals surface area contributed by atoms with Crippen LogP contribution in [-0.4, -0.2) is 40.6 Å². The molecule has 0 radical (unpaired) electrons. The topological polar surface area (TPSA) is 68.5 Å². The zero-order valence-corrected chi connectivity index (χ0v) is 14.5. The van der Waals surface area contributed by atoms with Crippen LogP contribution in [0, 0.1) is 6.92 Å². The normalized spacial score (nSPS) is 14.1. The Balaban J connectivity index is 1.30. The van der Waals surface area contributed by atoms with Crippen molar-refractivity contribution in [1.29, 1.82) is 0 Å². The first-order valence-electron chi connectivity index (χ1n) is 8.55. The first kappa shape index (κ1) is 16.3. The Kier molecular flexibility index (Phi) is 4.39. The minimum atomic E-state index is -0.0365. The molecule has 4 rings (SSSR count). The van der Waals surface area contributed by atoms with Gasteiger partial charge in [0.15, 0.2) is 6.61 Å². The Morgan fingerprint density at radius 1 is 1.19 bits per heavy atom. The van der Waals surface area contributed by atoms with Gasteiger partial charge in [-0.3, -0.25) is 4.79 Å². The molecule has 26 heavy (non-hydrogen) atoms. The van der Waals surface area contributed by atoms with Crippen LogP contribution in [0.25, 0.3) is 11.4 Å². The Labute approximate surface area is 151 Å². The summed E-state index contributed by atoms with van der Waals surface area (Å²) < 4.78 is 10.9. The smallest absolute Gasteiger partial charge is 0.260 e. The third-order valence-electron chi connectivity index (χ3n) is 4.41. The number of aromatic nitrogens is 2. The van der Waals surface area contributed by atoms with E-state index in [4.69, 9.17) is 9.26 Å². The van der Waals surface area contributed by atoms with Crippen LogP contribution in [0.2, 0.25) is 0 Å². The minimum absolute atomic E-state index is 0.0365. The molecule has 1 aliphatic heterocycles. The van der Waals surface area contributed by atoms with E-state index in [0.29, 0.717) is 30.6 Å². The van der Waals surface area contributed by atoms with Crippen molar-refractivity contribution in [2.24, 2.45) is 0 Å². The average molecular weight is 349 g/mol. The molecule has 1 aliphatic rings. The number of carbonyl (C=O) groups is 1. The first-order chi connectivity index (χ1) is 12.7. The van der Waals surface area contributed by atoms with Gasteiger partial charge in [0.2, 0.25) is 11.7 Å². The van der Waals surface area contributed by atoms with E-state index in [1.54, 1.807) is 4.90 Å². The molecular formula is C20H19N3O3. The molecule has 0 unspecified atom stereocenters. The van der Waals surface area contributed by atoms with Crippen LogP contribution in [0.15, 0.2) is 59.1 Å². The largest absolute Gasteiger partial charge is 0.484 e. The molecule has 2 aromatic carbocycles. The molecule has 0 atom stereocenters. The van der Waals surface area contributed by atoms with Gasteiger partial charge in [0.25, 0.3) is 5.91 Å². The molecule has 1 amide bonds. The van der Waals surface area contributed by atoms with Gasteiger partial charge in [0.1, 0.15) is 5.75 Å². The van der Waals surface area contributed by atoms with Crippen molar-refractivity contribution in [3.8, 4) is 17.1 Å². The monoisotopic (exact) mass is 349 g/mol. The van der Waals surface area contributed by atoms with Gasteiger partial charge < -0.3 is 14.2 Å². The van der Waals surface area contributed by atoms with Gasteiger partial charge in [0.05, 0.1) is 5.92 Å². The predicted molar refractivity (Wildman–Crippen MR) is 95.7 cm³/mol. The maximum Gasteiger partial charge on any atom is 0.260 e. The average Bonchev–Trinajstić information content (AvgIpc) is 3.09. The molecule has 2 heterocycles. The first-order valence-corrected chi connectivity index (χ1v) is 8.55. The second-order valence-electron chi connectivity index (χ2n) is 6.42. The summed E-state index contributed by atoms with van der Waals surface area (Å²) in [6.07, 6.45) is 0. The van der Waals surface area contributed by atoms with E-state index in [9.17, 15) is 4.79 Å². The zero-order valence-electron chi connectivity index (χ0n) is 14.5. The number of hydrogen-bond donors (Lipinski definition) is 0. The summed E-state index contributed by atoms with van der Waals surface area (Å²) in [6, 6.07) is 17.4. The van der Waals surface area contributed by atoms with E-state index in [1.165, 1.54) is 0 Å². The van der Waals surface area contributed by atoms with Crippen LogP contribution in [-0.2, 0) is 4.79 Å². The van der Waals surface area contributed by atoms with Crippen molar-refractivity contribution < 1.29 is 14.1 Å². The lowest BCUT2D eigenvalue weighted by molar-refractivity contribution is -0.138. The zero-order chi connectivity index (χ0) is 17.9. The van der Waals surface area contributed by atoms with Gasteiger partial charge in [-0.1, -0.05) is 47.6 Å². The number of amides is 1. The van der Waals surface area contributed by atoms with Gasteiger partial charge in [-0.15, -0.1) is 0 Å². The fraction of sp³-hybridized carbons (Fsp3) is 0.250. The highest BCUT2D eigenvalue weighted by molar-refractivity contribution is 5.78. The van der Waals surface area contributed by atoms with E-state index in [2.05, 4.69) is 10.1 Å². The summed E-state index contributed by atoms with van der Waals surface area (Å²) in [5.74, 6) is 1.91. The Hall–Kier alpha value is -3.15. The maximum atomic E-state index is 12.2. The number of carbonyl (C=O) groups excluding carboxylic acids is 1. The summed E-state index contributed by atoms with van der Waals surface area (Å²) in [4.78, 5) is 18.4. The fourth-order valence-corrected chi connectivity index (χ4v) is 2.89. The number of nitrogens with zero attached hydrogens (tertiary/aromatic N) is 3. The minimum Gasteiger partial charge on any atom is -0.484 e. The standard InChI is InChI=1S/C20H19N3O3/c1-14-6-5-9-17(10-14)25-13-18(24)23-11-16(12-23)20-21-19(22-26-20)15-7-3-2-4-8-15/h2-10,16H,11-13H2,1H3. The SMILES string of the molecule is Cc1cccc(OCC(=O)N2CC(c3nc(-c4ccccc4)no3)C2)c1. The second-order valence-corrected chi connectivity index (χ2v) is 6.42. The molecule has 6 nitrogen and oxygen atoms in total. The van der Waals surface area contributed by atoms with E-state index in [-0.39, 0.29) is 18.4 Å². The number of likely N-dealkylation sites (tertiary alicyclic amines) is 1. The van der Waals surface area contributed by atoms with Crippen molar-refractivity contribution in [2.45, 2.75) is 12.8 Å². The lowest BCUT2D eigenvalue weighted by Crippen LogP contribution is -2.50. The lowest BCUT2D eigenvalue weighted by atomic mass is 10.0. The predicted octanol–water partition coefficient (Wildman–Crippen LogP) is 3.05. The van der Waals surface area contributed by atoms with Gasteiger partial charge in [-0.2, -0.15) is 4.98 Å². The summed E-state index contributed by atoms with van der Waals surface area (Å²) in [5, 5.41) is 4.03. The Bertz CT molecular complexity index is 901. The third kappa shape index (κ3) is 3.44. The van der Waals surface area contributed by atoms with Crippen LogP contribution in [0.1, 0.15) is 17.4 Å². The highest BCUT2D eigenvalue weighted by atomic mass is 16.5. The summed E-state index contributed by atoms with van der Waals surface area (Å²) in [7, 11) is 0. The number of hydrogen-bond acceptors (Lipinski definition) is 5. The number of rotatable bonds is 5. The molecule has 6 heteroatoms. The van der Waals surface area contributed by atoms with E-state index < -0.39 is 0 Å². The van der Waals surface area contributed by atoms with Gasteiger partial charge >= 0.3 is 0 Å². The molecule has 0 N–H and O–H groups in total. The van der Waals surface area contributed by atoms with E-state index >= 15 is 0 Å². The second kappa shape index (κ2) is 7.00. The van der Waals surface area contributed by atoms with Crippen molar-refractivity contribution in [1.82, 2.24) is 15.0 Å². The van der Waals surface area contributed by atoms with Gasteiger partial charge in [0, 0.05) is 18.7 Å². The van der Waals surface area contributed by atoms with Crippen molar-refractivity contribution in [2.75, 3.05) is 19.7 Å². The molecule has 0 aliphatic carbocycles. The molecule has 0 spiro atoms. The van der Waals surface area contributed by atoms with Crippen LogP contribution in [0.3, 0.4) is 0 Å². The summed E-state index contributed by atoms with van der Waals surface area (Å²) in [6.45, 7) is 3.18. The van der Waals surface area contributed by atoms with Gasteiger partial charge in [-0.05, 0) is 24.6 Å². The molecule has 1 aromatic heterocycles. The molecule has 132 valence electrons. The van der Waals surface area contributed by atoms with E-state index in [1.807, 2.05) is 61.5 Å². The summed E-state index contributed by atoms with van der Waals surface area (Å²) >= 11 is 0. The van der Waals surface area contributed by atoms with Crippen LogP contribution in [0.4, 0.5) is 0 Å². The Morgan fingerprint density at radius 2 is 2.00 bits per heavy atom. The maximum absolute atomic E-state index is 12.2. The Morgan fingerprint density at radius 3 is 2.77 bits per heavy atom. The lowest BCUT2D eigenvalue weighted by Gasteiger charge is -2.36. The van der Waals surface area contributed by atoms with Crippen LogP contribution >= 0.6 is 0 Å². The van der Waals surface area contributed by atoms with Gasteiger partial charge in [-0.25, -0.2) is 0 Å². The number of benzene rings is 2. The number of ether oxygens (including phenoxy) is 1. The van der Waals surface area contributed by atoms with Crippen molar-refractivity contribution in [3.63, 3.8) is 0 Å². The molecule has 3 aromatic rings. The molecule has 1 saturated heterocycles. The molecule has 1 fully saturated rings. The van der Waals surface area contributed by atoms with Crippen LogP contribution in [0.5, 0.6) is 5.75 Å². The highest BCUT2D eigenvalue weighted by Gasteiger charge is 2.35. The molecule has 0 saturated carbocycles. The molecular weight excluding hydrogens is 330 g/mol. The molecule has 0 bridgehead atoms. The summed E-state index contributed by atoms with van der Waals surface area (Å²) in [5.41, 5.74) is 2.02. The van der Waals surface area contributed by atoms with Crippen LogP contribution < -0.4 is 4.74 Å². The number of aryl methyl sites for hydroxylation is 1. The quantitative estimate of drug-likeness (QED) is 0.708.